The van der Waals surface area contributed by atoms with E-state index in [1.54, 1.807) is 36.4 Å². The number of ketones is 1. The number of para-hydroxylation sites is 1. The maximum atomic E-state index is 14.7. The van der Waals surface area contributed by atoms with Gasteiger partial charge in [-0.1, -0.05) is 42.5 Å². The fourth-order valence-electron chi connectivity index (χ4n) is 4.41. The first-order valence-electron chi connectivity index (χ1n) is 10.4. The summed E-state index contributed by atoms with van der Waals surface area (Å²) in [5.41, 5.74) is -3.72. The third-order valence-electron chi connectivity index (χ3n) is 5.91. The molecule has 0 spiro atoms. The minimum Gasteiger partial charge on any atom is -0.496 e. The molecule has 1 aliphatic carbocycles. The summed E-state index contributed by atoms with van der Waals surface area (Å²) in [6.07, 6.45) is -4.93. The van der Waals surface area contributed by atoms with Gasteiger partial charge < -0.3 is 15.0 Å². The lowest BCUT2D eigenvalue weighted by molar-refractivity contribution is -0.190. The van der Waals surface area contributed by atoms with Crippen molar-refractivity contribution in [2.75, 3.05) is 7.11 Å². The Kier molecular flexibility index (Phi) is 5.73. The van der Waals surface area contributed by atoms with Crippen LogP contribution in [0.25, 0.3) is 0 Å². The van der Waals surface area contributed by atoms with Gasteiger partial charge in [-0.25, -0.2) is 0 Å². The summed E-state index contributed by atoms with van der Waals surface area (Å²) in [6, 6.07) is 14.3. The molecule has 2 aromatic rings. The second-order valence-corrected chi connectivity index (χ2v) is 7.88. The van der Waals surface area contributed by atoms with E-state index in [-0.39, 0.29) is 36.4 Å². The summed E-state index contributed by atoms with van der Waals surface area (Å²) in [7, 11) is 1.28. The summed E-state index contributed by atoms with van der Waals surface area (Å²) in [5.74, 6) is -3.30. The van der Waals surface area contributed by atoms with Gasteiger partial charge in [0.05, 0.1) is 24.8 Å². The van der Waals surface area contributed by atoms with Crippen LogP contribution < -0.4 is 10.1 Å². The highest BCUT2D eigenvalue weighted by atomic mass is 19.4. The minimum absolute atomic E-state index is 0.0118. The van der Waals surface area contributed by atoms with Gasteiger partial charge in [0.2, 0.25) is 5.54 Å². The van der Waals surface area contributed by atoms with Crippen molar-refractivity contribution in [1.82, 2.24) is 10.2 Å². The molecule has 2 amide bonds. The zero-order valence-electron chi connectivity index (χ0n) is 17.7. The summed E-state index contributed by atoms with van der Waals surface area (Å²) < 4.78 is 49.2. The predicted octanol–water partition coefficient (Wildman–Crippen LogP) is 3.78. The number of nitrogens with zero attached hydrogens (tertiary/aromatic N) is 1. The largest absolute Gasteiger partial charge is 0.496 e. The van der Waals surface area contributed by atoms with Gasteiger partial charge in [-0.05, 0) is 30.5 Å². The highest BCUT2D eigenvalue weighted by Gasteiger charge is 2.71. The SMILES string of the molecule is COc1ccccc1C(=O)NC1(C(F)(F)F)C(=O)N(Cc2ccccc2)C2=C1C(=O)CCC2. The Bertz CT molecular complexity index is 1140. The number of rotatable bonds is 5. The van der Waals surface area contributed by atoms with Crippen molar-refractivity contribution in [3.8, 4) is 5.75 Å². The van der Waals surface area contributed by atoms with Gasteiger partial charge in [-0.3, -0.25) is 14.4 Å². The third kappa shape index (κ3) is 3.67. The number of carbonyl (C=O) groups is 3. The summed E-state index contributed by atoms with van der Waals surface area (Å²) in [5, 5.41) is 1.90. The van der Waals surface area contributed by atoms with Crippen LogP contribution >= 0.6 is 0 Å². The zero-order chi connectivity index (χ0) is 23.8. The average molecular weight is 458 g/mol. The fraction of sp³-hybridized carbons (Fsp3) is 0.292. The van der Waals surface area contributed by atoms with Crippen LogP contribution in [0.3, 0.4) is 0 Å². The zero-order valence-corrected chi connectivity index (χ0v) is 17.7. The Morgan fingerprint density at radius 1 is 1.06 bits per heavy atom. The molecule has 0 fully saturated rings. The monoisotopic (exact) mass is 458 g/mol. The second-order valence-electron chi connectivity index (χ2n) is 7.88. The molecule has 0 saturated heterocycles. The van der Waals surface area contributed by atoms with E-state index in [2.05, 4.69) is 0 Å². The maximum absolute atomic E-state index is 14.7. The van der Waals surface area contributed by atoms with Crippen molar-refractivity contribution in [1.29, 1.82) is 0 Å². The van der Waals surface area contributed by atoms with Gasteiger partial charge in [0.15, 0.2) is 5.78 Å². The first-order chi connectivity index (χ1) is 15.7. The number of nitrogens with one attached hydrogen (secondary N) is 1. The normalized spacial score (nSPS) is 20.7. The van der Waals surface area contributed by atoms with Crippen molar-refractivity contribution in [2.45, 2.75) is 37.5 Å². The van der Waals surface area contributed by atoms with Crippen molar-refractivity contribution in [3.63, 3.8) is 0 Å². The van der Waals surface area contributed by atoms with Crippen LogP contribution in [-0.4, -0.2) is 41.3 Å². The molecule has 1 aliphatic heterocycles. The van der Waals surface area contributed by atoms with Crippen LogP contribution in [0.2, 0.25) is 0 Å². The van der Waals surface area contributed by atoms with Crippen LogP contribution in [-0.2, 0) is 16.1 Å². The van der Waals surface area contributed by atoms with E-state index in [4.69, 9.17) is 4.74 Å². The summed E-state index contributed by atoms with van der Waals surface area (Å²) in [6.45, 7) is -0.145. The van der Waals surface area contributed by atoms with E-state index in [1.807, 2.05) is 5.32 Å². The van der Waals surface area contributed by atoms with Crippen molar-refractivity contribution in [3.05, 3.63) is 77.0 Å². The Morgan fingerprint density at radius 2 is 1.73 bits per heavy atom. The Hall–Kier alpha value is -3.62. The lowest BCUT2D eigenvalue weighted by Gasteiger charge is -2.33. The molecule has 1 heterocycles. The molecule has 2 aliphatic rings. The van der Waals surface area contributed by atoms with E-state index < -0.39 is 34.9 Å². The van der Waals surface area contributed by atoms with E-state index in [9.17, 15) is 27.6 Å². The molecule has 1 unspecified atom stereocenters. The number of allylic oxidation sites excluding steroid dienone is 1. The van der Waals surface area contributed by atoms with Gasteiger partial charge in [0.25, 0.3) is 11.8 Å². The molecule has 0 radical (unpaired) electrons. The number of ether oxygens (including phenoxy) is 1. The van der Waals surface area contributed by atoms with E-state index >= 15 is 0 Å². The quantitative estimate of drug-likeness (QED) is 0.740. The van der Waals surface area contributed by atoms with Crippen LogP contribution in [0.5, 0.6) is 5.75 Å². The molecule has 172 valence electrons. The van der Waals surface area contributed by atoms with Crippen molar-refractivity contribution >= 4 is 17.6 Å². The Labute approximate surface area is 188 Å². The molecule has 0 aromatic heterocycles. The molecule has 1 N–H and O–H groups in total. The molecule has 1 atom stereocenters. The minimum atomic E-state index is -5.25. The number of hydrogen-bond donors (Lipinski definition) is 1. The van der Waals surface area contributed by atoms with Gasteiger partial charge >= 0.3 is 6.18 Å². The fourth-order valence-corrected chi connectivity index (χ4v) is 4.41. The van der Waals surface area contributed by atoms with Crippen molar-refractivity contribution < 1.29 is 32.3 Å². The number of halogens is 3. The topological polar surface area (TPSA) is 75.7 Å². The number of hydrogen-bond acceptors (Lipinski definition) is 4. The molecule has 0 bridgehead atoms. The Balaban J connectivity index is 1.84. The highest BCUT2D eigenvalue weighted by Crippen LogP contribution is 2.49. The lowest BCUT2D eigenvalue weighted by Crippen LogP contribution is -2.66. The number of amides is 2. The van der Waals surface area contributed by atoms with E-state index in [0.717, 1.165) is 4.90 Å². The van der Waals surface area contributed by atoms with E-state index in [1.165, 1.54) is 25.3 Å². The number of methoxy groups -OCH3 is 1. The smallest absolute Gasteiger partial charge is 0.425 e. The predicted molar refractivity (Wildman–Crippen MR) is 112 cm³/mol. The molecule has 9 heteroatoms. The molecule has 4 rings (SSSR count). The number of benzene rings is 2. The van der Waals surface area contributed by atoms with Crippen LogP contribution in [0.1, 0.15) is 35.2 Å². The van der Waals surface area contributed by atoms with Crippen molar-refractivity contribution in [2.24, 2.45) is 0 Å². The van der Waals surface area contributed by atoms with Gasteiger partial charge in [0, 0.05) is 12.1 Å². The number of alkyl halides is 3. The first kappa shape index (κ1) is 22.6. The summed E-state index contributed by atoms with van der Waals surface area (Å²) in [4.78, 5) is 40.3. The lowest BCUT2D eigenvalue weighted by atomic mass is 9.81. The second kappa shape index (κ2) is 8.38. The average Bonchev–Trinajstić information content (AvgIpc) is 3.04. The van der Waals surface area contributed by atoms with Gasteiger partial charge in [-0.15, -0.1) is 0 Å². The number of Topliss-reactive ketones (excluding diaryl/α,β-unsaturated/α-hetero) is 1. The van der Waals surface area contributed by atoms with Crippen LogP contribution in [0.15, 0.2) is 65.9 Å². The molecular weight excluding hydrogens is 437 g/mol. The molecular formula is C24H21F3N2O4. The maximum Gasteiger partial charge on any atom is 0.425 e. The molecule has 0 saturated carbocycles. The standard InChI is InChI=1S/C24H21F3N2O4/c1-33-19-13-6-5-10-16(19)21(31)28-23(24(25,26)27)20-17(11-7-12-18(20)30)29(22(23)32)14-15-8-3-2-4-9-15/h2-6,8-10,13H,7,11-12,14H2,1H3,(H,28,31). The highest BCUT2D eigenvalue weighted by molar-refractivity contribution is 6.14. The molecule has 2 aromatic carbocycles. The van der Waals surface area contributed by atoms with Crippen LogP contribution in [0.4, 0.5) is 13.2 Å². The van der Waals surface area contributed by atoms with Crippen LogP contribution in [0, 0.1) is 0 Å². The molecule has 6 nitrogen and oxygen atoms in total. The number of carbonyl (C=O) groups excluding carboxylic acids is 3. The molecule has 33 heavy (non-hydrogen) atoms. The third-order valence-corrected chi connectivity index (χ3v) is 5.91. The van der Waals surface area contributed by atoms with E-state index in [0.29, 0.717) is 12.0 Å². The summed E-state index contributed by atoms with van der Waals surface area (Å²) >= 11 is 0. The van der Waals surface area contributed by atoms with Gasteiger partial charge in [0.1, 0.15) is 5.75 Å². The first-order valence-corrected chi connectivity index (χ1v) is 10.4. The van der Waals surface area contributed by atoms with Gasteiger partial charge in [-0.2, -0.15) is 13.2 Å². The Morgan fingerprint density at radius 3 is 2.39 bits per heavy atom.